The third kappa shape index (κ3) is 4.92. The first-order chi connectivity index (χ1) is 17.9. The second kappa shape index (κ2) is 10.2. The zero-order chi connectivity index (χ0) is 25.9. The minimum Gasteiger partial charge on any atom is -0.497 e. The number of hydrogen-bond donors (Lipinski definition) is 3. The highest BCUT2D eigenvalue weighted by molar-refractivity contribution is 6.30. The maximum atomic E-state index is 13.6. The third-order valence-corrected chi connectivity index (χ3v) is 6.33. The monoisotopic (exact) mass is 513 g/mol. The number of amides is 2. The van der Waals surface area contributed by atoms with Crippen LogP contribution in [0.3, 0.4) is 0 Å². The number of halogens is 1. The largest absolute Gasteiger partial charge is 0.497 e. The molecule has 0 aliphatic carbocycles. The molecule has 186 valence electrons. The molecule has 1 aliphatic rings. The number of fused-ring (bicyclic) bond motifs is 1. The zero-order valence-electron chi connectivity index (χ0n) is 20.2. The molecule has 3 aromatic carbocycles. The number of benzene rings is 3. The highest BCUT2D eigenvalue weighted by Crippen LogP contribution is 2.38. The first-order valence-corrected chi connectivity index (χ1v) is 11.9. The normalized spacial score (nSPS) is 14.4. The molecule has 37 heavy (non-hydrogen) atoms. The first-order valence-electron chi connectivity index (χ1n) is 11.6. The fraction of sp³-hybridized carbons (Fsp3) is 0.107. The third-order valence-electron chi connectivity index (χ3n) is 6.08. The topological polar surface area (TPSA) is 97.3 Å². The lowest BCUT2D eigenvalue weighted by molar-refractivity contribution is -0.113. The molecule has 4 aromatic rings. The molecule has 0 saturated carbocycles. The van der Waals surface area contributed by atoms with E-state index in [1.165, 1.54) is 6.20 Å². The molecule has 1 aliphatic heterocycles. The lowest BCUT2D eigenvalue weighted by Gasteiger charge is -2.30. The van der Waals surface area contributed by atoms with Crippen LogP contribution in [0.2, 0.25) is 5.02 Å². The van der Waals surface area contributed by atoms with Crippen molar-refractivity contribution in [2.24, 2.45) is 0 Å². The van der Waals surface area contributed by atoms with Crippen LogP contribution < -0.4 is 20.7 Å². The second-order valence-electron chi connectivity index (χ2n) is 8.47. The summed E-state index contributed by atoms with van der Waals surface area (Å²) in [6.07, 6.45) is 1.50. The fourth-order valence-corrected chi connectivity index (χ4v) is 4.39. The van der Waals surface area contributed by atoms with Gasteiger partial charge in [0.15, 0.2) is 0 Å². The van der Waals surface area contributed by atoms with E-state index in [9.17, 15) is 9.59 Å². The maximum Gasteiger partial charge on any atom is 0.261 e. The average Bonchev–Trinajstić information content (AvgIpc) is 3.33. The molecule has 5 rings (SSSR count). The van der Waals surface area contributed by atoms with E-state index < -0.39 is 6.04 Å². The van der Waals surface area contributed by atoms with Crippen LogP contribution in [0.5, 0.6) is 5.75 Å². The van der Waals surface area contributed by atoms with E-state index in [-0.39, 0.29) is 11.8 Å². The lowest BCUT2D eigenvalue weighted by Crippen LogP contribution is -2.32. The Bertz CT molecular complexity index is 1480. The number of nitrogens with one attached hydrogen (secondary N) is 3. The van der Waals surface area contributed by atoms with Gasteiger partial charge in [0.1, 0.15) is 23.2 Å². The summed E-state index contributed by atoms with van der Waals surface area (Å²) >= 11 is 6.14. The molecule has 1 aromatic heterocycles. The summed E-state index contributed by atoms with van der Waals surface area (Å²) in [4.78, 5) is 26.7. The standard InChI is InChI=1S/C28H24ClN5O3/c1-17-24(28(36)33-21-12-14-22(37-2)15-13-21)25(18-8-10-19(29)11-9-18)34-26(31-17)23(16-30-34)27(35)32-20-6-4-3-5-7-20/h3-16,25,31H,1-2H3,(H,32,35)(H,33,36)/t25-/m0/s1. The Kier molecular flexibility index (Phi) is 6.66. The van der Waals surface area contributed by atoms with Crippen molar-refractivity contribution in [2.75, 3.05) is 23.1 Å². The molecule has 9 heteroatoms. The number of ether oxygens (including phenoxy) is 1. The molecular weight excluding hydrogens is 490 g/mol. The summed E-state index contributed by atoms with van der Waals surface area (Å²) in [5.74, 6) is 0.571. The molecule has 8 nitrogen and oxygen atoms in total. The maximum absolute atomic E-state index is 13.6. The van der Waals surface area contributed by atoms with Gasteiger partial charge in [0.25, 0.3) is 11.8 Å². The van der Waals surface area contributed by atoms with Gasteiger partial charge in [-0.25, -0.2) is 4.68 Å². The second-order valence-corrected chi connectivity index (χ2v) is 8.91. The molecule has 2 amide bonds. The quantitative estimate of drug-likeness (QED) is 0.306. The number of nitrogens with zero attached hydrogens (tertiary/aromatic N) is 2. The number of para-hydroxylation sites is 1. The molecule has 0 spiro atoms. The van der Waals surface area contributed by atoms with Crippen molar-refractivity contribution in [3.8, 4) is 5.75 Å². The average molecular weight is 514 g/mol. The van der Waals surface area contributed by atoms with Gasteiger partial charge in [0.2, 0.25) is 0 Å². The molecule has 0 unspecified atom stereocenters. The van der Waals surface area contributed by atoms with Crippen LogP contribution in [0.1, 0.15) is 28.9 Å². The Morgan fingerprint density at radius 3 is 2.24 bits per heavy atom. The highest BCUT2D eigenvalue weighted by Gasteiger charge is 2.35. The Labute approximate surface area is 218 Å². The van der Waals surface area contributed by atoms with Crippen LogP contribution in [0.25, 0.3) is 0 Å². The van der Waals surface area contributed by atoms with Crippen LogP contribution in [-0.2, 0) is 4.79 Å². The molecule has 0 saturated heterocycles. The van der Waals surface area contributed by atoms with Gasteiger partial charge in [-0.05, 0) is 61.0 Å². The number of anilines is 3. The Morgan fingerprint density at radius 2 is 1.57 bits per heavy atom. The number of carbonyl (C=O) groups excluding carboxylic acids is 2. The van der Waals surface area contributed by atoms with Gasteiger partial charge < -0.3 is 20.7 Å². The van der Waals surface area contributed by atoms with E-state index in [0.717, 1.165) is 5.56 Å². The van der Waals surface area contributed by atoms with Crippen molar-refractivity contribution in [3.63, 3.8) is 0 Å². The summed E-state index contributed by atoms with van der Waals surface area (Å²) in [7, 11) is 1.59. The summed E-state index contributed by atoms with van der Waals surface area (Å²) < 4.78 is 6.85. The predicted octanol–water partition coefficient (Wildman–Crippen LogP) is 5.73. The molecule has 0 fully saturated rings. The summed E-state index contributed by atoms with van der Waals surface area (Å²) in [6.45, 7) is 1.81. The number of methoxy groups -OCH3 is 1. The van der Waals surface area contributed by atoms with Crippen LogP contribution in [-0.4, -0.2) is 28.7 Å². The lowest BCUT2D eigenvalue weighted by atomic mass is 9.94. The fourth-order valence-electron chi connectivity index (χ4n) is 4.26. The van der Waals surface area contributed by atoms with Crippen LogP contribution in [0, 0.1) is 0 Å². The Morgan fingerprint density at radius 1 is 0.919 bits per heavy atom. The Hall–Kier alpha value is -4.56. The molecule has 2 heterocycles. The molecule has 0 radical (unpaired) electrons. The Balaban J connectivity index is 1.52. The smallest absolute Gasteiger partial charge is 0.261 e. The van der Waals surface area contributed by atoms with Gasteiger partial charge in [0.05, 0.1) is 18.9 Å². The van der Waals surface area contributed by atoms with Crippen molar-refractivity contribution >= 4 is 40.6 Å². The highest BCUT2D eigenvalue weighted by atomic mass is 35.5. The van der Waals surface area contributed by atoms with E-state index in [1.54, 1.807) is 55.1 Å². The number of hydrogen-bond acceptors (Lipinski definition) is 5. The summed E-state index contributed by atoms with van der Waals surface area (Å²) in [5.41, 5.74) is 3.51. The SMILES string of the molecule is COc1ccc(NC(=O)C2=C(C)Nc3c(C(=O)Nc4ccccc4)cnn3[C@H]2c2ccc(Cl)cc2)cc1. The summed E-state index contributed by atoms with van der Waals surface area (Å²) in [5, 5.41) is 14.2. The minimum absolute atomic E-state index is 0.299. The van der Waals surface area contributed by atoms with Crippen LogP contribution in [0.15, 0.2) is 96.3 Å². The number of allylic oxidation sites excluding steroid dienone is 1. The van der Waals surface area contributed by atoms with Crippen molar-refractivity contribution in [3.05, 3.63) is 112 Å². The predicted molar refractivity (Wildman–Crippen MR) is 144 cm³/mol. The van der Waals surface area contributed by atoms with Gasteiger partial charge >= 0.3 is 0 Å². The molecule has 0 bridgehead atoms. The van der Waals surface area contributed by atoms with E-state index in [4.69, 9.17) is 16.3 Å². The van der Waals surface area contributed by atoms with E-state index in [2.05, 4.69) is 21.0 Å². The number of carbonyl (C=O) groups is 2. The minimum atomic E-state index is -0.593. The van der Waals surface area contributed by atoms with Crippen molar-refractivity contribution in [2.45, 2.75) is 13.0 Å². The van der Waals surface area contributed by atoms with Crippen molar-refractivity contribution in [1.82, 2.24) is 9.78 Å². The van der Waals surface area contributed by atoms with Gasteiger partial charge in [0, 0.05) is 22.1 Å². The van der Waals surface area contributed by atoms with Crippen molar-refractivity contribution < 1.29 is 14.3 Å². The van der Waals surface area contributed by atoms with Crippen LogP contribution >= 0.6 is 11.6 Å². The molecular formula is C28H24ClN5O3. The molecule has 1 atom stereocenters. The van der Waals surface area contributed by atoms with E-state index >= 15 is 0 Å². The number of aromatic nitrogens is 2. The van der Waals surface area contributed by atoms with Crippen molar-refractivity contribution in [1.29, 1.82) is 0 Å². The first kappa shape index (κ1) is 24.1. The van der Waals surface area contributed by atoms with E-state index in [0.29, 0.717) is 44.8 Å². The van der Waals surface area contributed by atoms with Gasteiger partial charge in [-0.15, -0.1) is 0 Å². The molecule has 3 N–H and O–H groups in total. The van der Waals surface area contributed by atoms with Gasteiger partial charge in [-0.1, -0.05) is 41.9 Å². The van der Waals surface area contributed by atoms with E-state index in [1.807, 2.05) is 42.5 Å². The zero-order valence-corrected chi connectivity index (χ0v) is 20.9. The number of rotatable bonds is 6. The summed E-state index contributed by atoms with van der Waals surface area (Å²) in [6, 6.07) is 22.9. The van der Waals surface area contributed by atoms with Crippen LogP contribution in [0.4, 0.5) is 17.2 Å². The van der Waals surface area contributed by atoms with Gasteiger partial charge in [-0.3, -0.25) is 9.59 Å². The van der Waals surface area contributed by atoms with Gasteiger partial charge in [-0.2, -0.15) is 5.10 Å².